The molecular weight excluding hydrogens is 332 g/mol. The van der Waals surface area contributed by atoms with E-state index in [-0.39, 0.29) is 11.9 Å². The monoisotopic (exact) mass is 352 g/mol. The summed E-state index contributed by atoms with van der Waals surface area (Å²) in [5.41, 5.74) is 6.76. The SMILES string of the molecule is O=C(NC1Cc2[nH]c3ccccc3c2C1)c1ccc(-c2ccccc2)cc1. The van der Waals surface area contributed by atoms with Crippen molar-refractivity contribution in [3.05, 3.63) is 95.7 Å². The number of aromatic amines is 1. The Morgan fingerprint density at radius 3 is 2.33 bits per heavy atom. The van der Waals surface area contributed by atoms with Crippen LogP contribution in [0, 0.1) is 0 Å². The molecule has 4 aromatic rings. The van der Waals surface area contributed by atoms with Crippen molar-refractivity contribution < 1.29 is 4.79 Å². The normalized spacial score (nSPS) is 15.6. The van der Waals surface area contributed by atoms with Gasteiger partial charge in [0.25, 0.3) is 5.91 Å². The number of carbonyl (C=O) groups excluding carboxylic acids is 1. The van der Waals surface area contributed by atoms with Gasteiger partial charge in [-0.15, -0.1) is 0 Å². The second-order valence-corrected chi connectivity index (χ2v) is 7.15. The molecule has 3 heteroatoms. The highest BCUT2D eigenvalue weighted by Crippen LogP contribution is 2.30. The molecule has 0 saturated heterocycles. The van der Waals surface area contributed by atoms with Gasteiger partial charge in [0.1, 0.15) is 0 Å². The van der Waals surface area contributed by atoms with Crippen LogP contribution in [0.5, 0.6) is 0 Å². The first-order chi connectivity index (χ1) is 13.3. The van der Waals surface area contributed by atoms with Gasteiger partial charge in [0, 0.05) is 34.6 Å². The van der Waals surface area contributed by atoms with E-state index in [1.54, 1.807) is 0 Å². The Balaban J connectivity index is 1.29. The molecule has 1 unspecified atom stereocenters. The number of amides is 1. The summed E-state index contributed by atoms with van der Waals surface area (Å²) in [6.07, 6.45) is 1.74. The van der Waals surface area contributed by atoms with Crippen LogP contribution in [-0.4, -0.2) is 16.9 Å². The summed E-state index contributed by atoms with van der Waals surface area (Å²) in [7, 11) is 0. The number of fused-ring (bicyclic) bond motifs is 3. The molecule has 2 N–H and O–H groups in total. The van der Waals surface area contributed by atoms with Crippen LogP contribution in [0.4, 0.5) is 0 Å². The second-order valence-electron chi connectivity index (χ2n) is 7.15. The first-order valence-corrected chi connectivity index (χ1v) is 9.33. The average Bonchev–Trinajstić information content (AvgIpc) is 3.26. The van der Waals surface area contributed by atoms with E-state index < -0.39 is 0 Å². The summed E-state index contributed by atoms with van der Waals surface area (Å²) in [5.74, 6) is -0.00549. The molecule has 0 bridgehead atoms. The maximum atomic E-state index is 12.7. The molecule has 3 aromatic carbocycles. The van der Waals surface area contributed by atoms with E-state index in [0.29, 0.717) is 5.56 Å². The van der Waals surface area contributed by atoms with Crippen molar-refractivity contribution >= 4 is 16.8 Å². The van der Waals surface area contributed by atoms with Crippen molar-refractivity contribution in [2.45, 2.75) is 18.9 Å². The van der Waals surface area contributed by atoms with Gasteiger partial charge in [0.05, 0.1) is 0 Å². The number of para-hydroxylation sites is 1. The predicted molar refractivity (Wildman–Crippen MR) is 109 cm³/mol. The summed E-state index contributed by atoms with van der Waals surface area (Å²) in [5, 5.41) is 4.47. The minimum absolute atomic E-state index is 0.00549. The summed E-state index contributed by atoms with van der Waals surface area (Å²) >= 11 is 0. The fraction of sp³-hybridized carbons (Fsp3) is 0.125. The van der Waals surface area contributed by atoms with Gasteiger partial charge in [0.2, 0.25) is 0 Å². The molecule has 1 amide bonds. The summed E-state index contributed by atoms with van der Waals surface area (Å²) < 4.78 is 0. The Morgan fingerprint density at radius 2 is 1.52 bits per heavy atom. The lowest BCUT2D eigenvalue weighted by Crippen LogP contribution is -2.35. The number of rotatable bonds is 3. The molecule has 0 aliphatic heterocycles. The van der Waals surface area contributed by atoms with Crippen molar-refractivity contribution in [2.24, 2.45) is 0 Å². The topological polar surface area (TPSA) is 44.9 Å². The van der Waals surface area contributed by atoms with E-state index >= 15 is 0 Å². The van der Waals surface area contributed by atoms with Crippen molar-refractivity contribution in [2.75, 3.05) is 0 Å². The van der Waals surface area contributed by atoms with E-state index in [2.05, 4.69) is 40.6 Å². The van der Waals surface area contributed by atoms with Crippen LogP contribution >= 0.6 is 0 Å². The third kappa shape index (κ3) is 2.91. The van der Waals surface area contributed by atoms with Crippen LogP contribution < -0.4 is 5.32 Å². The molecule has 1 aliphatic rings. The van der Waals surface area contributed by atoms with Gasteiger partial charge in [-0.25, -0.2) is 0 Å². The highest BCUT2D eigenvalue weighted by Gasteiger charge is 2.26. The Morgan fingerprint density at radius 1 is 0.815 bits per heavy atom. The summed E-state index contributed by atoms with van der Waals surface area (Å²) in [6, 6.07) is 26.5. The zero-order chi connectivity index (χ0) is 18.2. The Kier molecular flexibility index (Phi) is 3.79. The number of carbonyl (C=O) groups is 1. The van der Waals surface area contributed by atoms with Crippen LogP contribution in [0.15, 0.2) is 78.9 Å². The van der Waals surface area contributed by atoms with Gasteiger partial charge in [0.15, 0.2) is 0 Å². The van der Waals surface area contributed by atoms with Gasteiger partial charge in [-0.2, -0.15) is 0 Å². The molecule has 27 heavy (non-hydrogen) atoms. The lowest BCUT2D eigenvalue weighted by molar-refractivity contribution is 0.0938. The van der Waals surface area contributed by atoms with Crippen molar-refractivity contribution in [1.82, 2.24) is 10.3 Å². The van der Waals surface area contributed by atoms with Gasteiger partial charge in [-0.1, -0.05) is 60.7 Å². The largest absolute Gasteiger partial charge is 0.358 e. The predicted octanol–water partition coefficient (Wildman–Crippen LogP) is 4.73. The van der Waals surface area contributed by atoms with Crippen LogP contribution in [0.2, 0.25) is 0 Å². The Bertz CT molecular complexity index is 1110. The third-order valence-corrected chi connectivity index (χ3v) is 5.39. The number of H-pyrrole nitrogens is 1. The molecule has 0 spiro atoms. The maximum absolute atomic E-state index is 12.7. The average molecular weight is 352 g/mol. The van der Waals surface area contributed by atoms with Crippen molar-refractivity contribution in [1.29, 1.82) is 0 Å². The molecule has 0 saturated carbocycles. The number of aromatic nitrogens is 1. The Hall–Kier alpha value is -3.33. The lowest BCUT2D eigenvalue weighted by Gasteiger charge is -2.13. The second kappa shape index (κ2) is 6.44. The fourth-order valence-electron chi connectivity index (χ4n) is 4.04. The highest BCUT2D eigenvalue weighted by molar-refractivity contribution is 5.95. The highest BCUT2D eigenvalue weighted by atomic mass is 16.1. The molecule has 0 fully saturated rings. The van der Waals surface area contributed by atoms with E-state index in [4.69, 9.17) is 0 Å². The molecule has 0 radical (unpaired) electrons. The van der Waals surface area contributed by atoms with E-state index in [9.17, 15) is 4.79 Å². The van der Waals surface area contributed by atoms with Crippen molar-refractivity contribution in [3.63, 3.8) is 0 Å². The summed E-state index contributed by atoms with van der Waals surface area (Å²) in [6.45, 7) is 0. The fourth-order valence-corrected chi connectivity index (χ4v) is 4.04. The van der Waals surface area contributed by atoms with Crippen LogP contribution in [-0.2, 0) is 12.8 Å². The molecule has 5 rings (SSSR count). The molecule has 3 nitrogen and oxygen atoms in total. The molecule has 132 valence electrons. The number of hydrogen-bond acceptors (Lipinski definition) is 1. The minimum Gasteiger partial charge on any atom is -0.358 e. The lowest BCUT2D eigenvalue weighted by atomic mass is 10.0. The van der Waals surface area contributed by atoms with Crippen LogP contribution in [0.3, 0.4) is 0 Å². The number of nitrogens with one attached hydrogen (secondary N) is 2. The molecule has 1 heterocycles. The first kappa shape index (κ1) is 15.9. The third-order valence-electron chi connectivity index (χ3n) is 5.39. The van der Waals surface area contributed by atoms with Gasteiger partial charge >= 0.3 is 0 Å². The van der Waals surface area contributed by atoms with Gasteiger partial charge in [-0.05, 0) is 41.3 Å². The van der Waals surface area contributed by atoms with E-state index in [1.807, 2.05) is 48.5 Å². The smallest absolute Gasteiger partial charge is 0.251 e. The number of hydrogen-bond donors (Lipinski definition) is 2. The van der Waals surface area contributed by atoms with E-state index in [1.165, 1.54) is 22.2 Å². The minimum atomic E-state index is -0.00549. The van der Waals surface area contributed by atoms with Crippen molar-refractivity contribution in [3.8, 4) is 11.1 Å². The zero-order valence-corrected chi connectivity index (χ0v) is 14.9. The summed E-state index contributed by atoms with van der Waals surface area (Å²) in [4.78, 5) is 16.2. The van der Waals surface area contributed by atoms with Crippen LogP contribution in [0.25, 0.3) is 22.0 Å². The van der Waals surface area contributed by atoms with E-state index in [0.717, 1.165) is 24.0 Å². The zero-order valence-electron chi connectivity index (χ0n) is 14.9. The molecule has 1 aliphatic carbocycles. The maximum Gasteiger partial charge on any atom is 0.251 e. The van der Waals surface area contributed by atoms with Crippen LogP contribution in [0.1, 0.15) is 21.6 Å². The molecule has 1 atom stereocenters. The molecular formula is C24H20N2O. The first-order valence-electron chi connectivity index (χ1n) is 9.33. The standard InChI is InChI=1S/C24H20N2O/c27-24(18-12-10-17(11-13-18)16-6-2-1-3-7-16)25-19-14-21-20-8-4-5-9-22(20)26-23(21)15-19/h1-13,19,26H,14-15H2,(H,25,27). The quantitative estimate of drug-likeness (QED) is 0.550. The van der Waals surface area contributed by atoms with Gasteiger partial charge in [-0.3, -0.25) is 4.79 Å². The Labute approximate surface area is 158 Å². The molecule has 1 aromatic heterocycles. The number of benzene rings is 3. The van der Waals surface area contributed by atoms with Gasteiger partial charge < -0.3 is 10.3 Å².